The first-order valence-electron chi connectivity index (χ1n) is 7.85. The van der Waals surface area contributed by atoms with Gasteiger partial charge < -0.3 is 21.1 Å². The fourth-order valence-corrected chi connectivity index (χ4v) is 4.35. The van der Waals surface area contributed by atoms with E-state index in [2.05, 4.69) is 10.6 Å². The van der Waals surface area contributed by atoms with Gasteiger partial charge in [-0.15, -0.1) is 12.4 Å². The van der Waals surface area contributed by atoms with Crippen LogP contribution in [0.3, 0.4) is 0 Å². The molecule has 1 aliphatic heterocycles. The van der Waals surface area contributed by atoms with Crippen molar-refractivity contribution >= 4 is 47.2 Å². The number of nitrogens with one attached hydrogen (secondary N) is 2. The number of fused-ring (bicyclic) bond motifs is 3. The van der Waals surface area contributed by atoms with E-state index >= 15 is 0 Å². The Kier molecular flexibility index (Phi) is 4.64. The van der Waals surface area contributed by atoms with Crippen LogP contribution in [0.15, 0.2) is 12.1 Å². The molecule has 2 aliphatic carbocycles. The van der Waals surface area contributed by atoms with Crippen LogP contribution in [0.25, 0.3) is 0 Å². The number of halogens is 2. The van der Waals surface area contributed by atoms with Gasteiger partial charge in [0, 0.05) is 12.1 Å². The maximum Gasteiger partial charge on any atom is 0.262 e. The Morgan fingerprint density at radius 1 is 1.33 bits per heavy atom. The Bertz CT molecular complexity index is 695. The van der Waals surface area contributed by atoms with E-state index in [1.165, 1.54) is 0 Å². The molecule has 4 atom stereocenters. The van der Waals surface area contributed by atoms with Gasteiger partial charge in [0.15, 0.2) is 6.61 Å². The monoisotopic (exact) mass is 371 g/mol. The lowest BCUT2D eigenvalue weighted by Crippen LogP contribution is -2.42. The topological polar surface area (TPSA) is 93.5 Å². The first-order chi connectivity index (χ1) is 11.0. The van der Waals surface area contributed by atoms with Gasteiger partial charge in [-0.2, -0.15) is 0 Å². The summed E-state index contributed by atoms with van der Waals surface area (Å²) in [6, 6.07) is 3.17. The zero-order valence-electron chi connectivity index (χ0n) is 12.9. The summed E-state index contributed by atoms with van der Waals surface area (Å²) in [7, 11) is 0. The minimum absolute atomic E-state index is 0. The van der Waals surface area contributed by atoms with Crippen LogP contribution in [-0.2, 0) is 9.59 Å². The molecule has 2 saturated carbocycles. The molecule has 1 aromatic carbocycles. The number of nitrogens with two attached hydrogens (primary N) is 1. The summed E-state index contributed by atoms with van der Waals surface area (Å²) in [5, 5.41) is 5.93. The Labute approximate surface area is 150 Å². The molecule has 0 aromatic heterocycles. The van der Waals surface area contributed by atoms with Crippen molar-refractivity contribution in [3.05, 3.63) is 17.2 Å². The van der Waals surface area contributed by atoms with Gasteiger partial charge in [0.25, 0.3) is 5.91 Å². The van der Waals surface area contributed by atoms with E-state index < -0.39 is 0 Å². The second-order valence-electron chi connectivity index (χ2n) is 6.59. The van der Waals surface area contributed by atoms with E-state index in [4.69, 9.17) is 22.1 Å². The molecule has 2 amide bonds. The van der Waals surface area contributed by atoms with E-state index in [0.717, 1.165) is 19.3 Å². The van der Waals surface area contributed by atoms with Gasteiger partial charge in [-0.05, 0) is 37.2 Å². The molecular weight excluding hydrogens is 353 g/mol. The smallest absolute Gasteiger partial charge is 0.262 e. The van der Waals surface area contributed by atoms with Gasteiger partial charge >= 0.3 is 0 Å². The predicted molar refractivity (Wildman–Crippen MR) is 93.8 cm³/mol. The lowest BCUT2D eigenvalue weighted by Gasteiger charge is -2.27. The molecule has 2 bridgehead atoms. The first-order valence-corrected chi connectivity index (χ1v) is 8.23. The predicted octanol–water partition coefficient (Wildman–Crippen LogP) is 2.40. The minimum atomic E-state index is -0.224. The number of hydrogen-bond acceptors (Lipinski definition) is 4. The van der Waals surface area contributed by atoms with Crippen molar-refractivity contribution in [1.82, 2.24) is 0 Å². The highest BCUT2D eigenvalue weighted by Gasteiger charge is 2.49. The third-order valence-electron chi connectivity index (χ3n) is 5.24. The summed E-state index contributed by atoms with van der Waals surface area (Å²) >= 11 is 6.22. The van der Waals surface area contributed by atoms with Gasteiger partial charge in [0.05, 0.1) is 22.3 Å². The number of anilines is 2. The number of carbonyl (C=O) groups is 2. The van der Waals surface area contributed by atoms with Crippen LogP contribution in [0.4, 0.5) is 11.4 Å². The molecule has 4 N–H and O–H groups in total. The van der Waals surface area contributed by atoms with Crippen LogP contribution in [0.1, 0.15) is 19.3 Å². The van der Waals surface area contributed by atoms with Crippen molar-refractivity contribution in [2.45, 2.75) is 25.3 Å². The zero-order chi connectivity index (χ0) is 16.1. The number of rotatable bonds is 2. The molecule has 1 heterocycles. The van der Waals surface area contributed by atoms with Crippen LogP contribution in [-0.4, -0.2) is 24.5 Å². The average molecular weight is 372 g/mol. The number of amides is 2. The van der Waals surface area contributed by atoms with Gasteiger partial charge in [0.2, 0.25) is 5.91 Å². The van der Waals surface area contributed by atoms with E-state index in [1.807, 2.05) is 0 Å². The number of ether oxygens (including phenoxy) is 1. The summed E-state index contributed by atoms with van der Waals surface area (Å²) in [6.45, 7) is -0.0424. The Morgan fingerprint density at radius 3 is 2.79 bits per heavy atom. The third-order valence-corrected chi connectivity index (χ3v) is 5.56. The number of hydrogen-bond donors (Lipinski definition) is 3. The normalized spacial score (nSPS) is 30.0. The largest absolute Gasteiger partial charge is 0.482 e. The standard InChI is InChI=1S/C16H18ClN3O3.ClH/c17-9-4-11-12(23-6-13(21)19-11)5-10(9)20-16(22)14-7-1-2-8(3-7)15(14)18;/h4-5,7-8,14-15H,1-3,6,18H2,(H,19,21)(H,20,22);1H. The summed E-state index contributed by atoms with van der Waals surface area (Å²) in [4.78, 5) is 23.9. The highest BCUT2D eigenvalue weighted by molar-refractivity contribution is 6.34. The van der Waals surface area contributed by atoms with Gasteiger partial charge in [0.1, 0.15) is 5.75 Å². The zero-order valence-corrected chi connectivity index (χ0v) is 14.5. The van der Waals surface area contributed by atoms with Gasteiger partial charge in [-0.25, -0.2) is 0 Å². The minimum Gasteiger partial charge on any atom is -0.482 e. The average Bonchev–Trinajstić information content (AvgIpc) is 3.09. The second kappa shape index (κ2) is 6.43. The molecular formula is C16H19Cl2N3O3. The van der Waals surface area contributed by atoms with Gasteiger partial charge in [-0.3, -0.25) is 9.59 Å². The van der Waals surface area contributed by atoms with E-state index in [9.17, 15) is 9.59 Å². The van der Waals surface area contributed by atoms with Crippen LogP contribution in [0.2, 0.25) is 5.02 Å². The van der Waals surface area contributed by atoms with E-state index in [0.29, 0.717) is 34.0 Å². The highest BCUT2D eigenvalue weighted by Crippen LogP contribution is 2.48. The van der Waals surface area contributed by atoms with Crippen molar-refractivity contribution in [3.63, 3.8) is 0 Å². The van der Waals surface area contributed by atoms with Crippen LogP contribution >= 0.6 is 24.0 Å². The molecule has 0 saturated heterocycles. The van der Waals surface area contributed by atoms with Crippen LogP contribution in [0.5, 0.6) is 5.75 Å². The highest BCUT2D eigenvalue weighted by atomic mass is 35.5. The third kappa shape index (κ3) is 2.83. The molecule has 0 spiro atoms. The maximum atomic E-state index is 12.6. The summed E-state index contributed by atoms with van der Waals surface area (Å²) in [6.07, 6.45) is 3.25. The summed E-state index contributed by atoms with van der Waals surface area (Å²) < 4.78 is 5.36. The molecule has 4 unspecified atom stereocenters. The molecule has 6 nitrogen and oxygen atoms in total. The molecule has 8 heteroatoms. The van der Waals surface area contributed by atoms with Crippen LogP contribution in [0, 0.1) is 17.8 Å². The van der Waals surface area contributed by atoms with Crippen molar-refractivity contribution < 1.29 is 14.3 Å². The fraction of sp³-hybridized carbons (Fsp3) is 0.500. The first kappa shape index (κ1) is 17.3. The molecule has 130 valence electrons. The Morgan fingerprint density at radius 2 is 2.08 bits per heavy atom. The second-order valence-corrected chi connectivity index (χ2v) is 7.00. The summed E-state index contributed by atoms with van der Waals surface area (Å²) in [5.41, 5.74) is 7.22. The summed E-state index contributed by atoms with van der Waals surface area (Å²) in [5.74, 6) is 0.892. The SMILES string of the molecule is Cl.NC1C2CCC(C2)C1C(=O)Nc1cc2c(cc1Cl)NC(=O)CO2. The lowest BCUT2D eigenvalue weighted by atomic mass is 9.84. The molecule has 24 heavy (non-hydrogen) atoms. The maximum absolute atomic E-state index is 12.6. The Balaban J connectivity index is 0.00000169. The Hall–Kier alpha value is -1.50. The quantitative estimate of drug-likeness (QED) is 0.743. The van der Waals surface area contributed by atoms with Crippen molar-refractivity contribution in [1.29, 1.82) is 0 Å². The van der Waals surface area contributed by atoms with Gasteiger partial charge in [-0.1, -0.05) is 11.6 Å². The molecule has 4 rings (SSSR count). The van der Waals surface area contributed by atoms with E-state index in [1.54, 1.807) is 12.1 Å². The van der Waals surface area contributed by atoms with Crippen molar-refractivity contribution in [2.75, 3.05) is 17.2 Å². The fourth-order valence-electron chi connectivity index (χ4n) is 4.14. The van der Waals surface area contributed by atoms with Crippen molar-refractivity contribution in [3.8, 4) is 5.75 Å². The molecule has 3 aliphatic rings. The lowest BCUT2D eigenvalue weighted by molar-refractivity contribution is -0.122. The molecule has 2 fully saturated rings. The van der Waals surface area contributed by atoms with E-state index in [-0.39, 0.29) is 42.8 Å². The molecule has 1 aromatic rings. The number of carbonyl (C=O) groups excluding carboxylic acids is 2. The number of benzene rings is 1. The van der Waals surface area contributed by atoms with Crippen LogP contribution < -0.4 is 21.1 Å². The molecule has 0 radical (unpaired) electrons. The van der Waals surface area contributed by atoms with Crippen molar-refractivity contribution in [2.24, 2.45) is 23.5 Å².